The molecule has 0 saturated heterocycles. The Morgan fingerprint density at radius 2 is 2.16 bits per heavy atom. The number of aryl methyl sites for hydroxylation is 1. The van der Waals surface area contributed by atoms with Crippen molar-refractivity contribution in [2.75, 3.05) is 0 Å². The van der Waals surface area contributed by atoms with E-state index in [9.17, 15) is 0 Å². The molecule has 1 heterocycles. The van der Waals surface area contributed by atoms with Crippen molar-refractivity contribution in [3.8, 4) is 0 Å². The topological polar surface area (TPSA) is 64.9 Å². The molecule has 3 rings (SSSR count). The smallest absolute Gasteiger partial charge is 0.237 e. The number of thioether (sulfide) groups is 1. The van der Waals surface area contributed by atoms with E-state index in [2.05, 4.69) is 29.2 Å². The number of benzene rings is 1. The van der Waals surface area contributed by atoms with E-state index < -0.39 is 0 Å². The predicted molar refractivity (Wildman–Crippen MR) is 74.8 cm³/mol. The lowest BCUT2D eigenvalue weighted by Crippen LogP contribution is -2.44. The first kappa shape index (κ1) is 12.7. The van der Waals surface area contributed by atoms with Crippen LogP contribution in [0.15, 0.2) is 33.7 Å². The maximum absolute atomic E-state index is 6.18. The molecule has 0 atom stereocenters. The maximum Gasteiger partial charge on any atom is 0.237 e. The minimum absolute atomic E-state index is 0.338. The van der Waals surface area contributed by atoms with Crippen LogP contribution in [0.1, 0.15) is 36.5 Å². The van der Waals surface area contributed by atoms with Crippen molar-refractivity contribution in [3.05, 3.63) is 41.5 Å². The van der Waals surface area contributed by atoms with Crippen molar-refractivity contribution in [1.82, 2.24) is 10.1 Å². The molecule has 19 heavy (non-hydrogen) atoms. The average molecular weight is 275 g/mol. The zero-order valence-corrected chi connectivity index (χ0v) is 11.7. The van der Waals surface area contributed by atoms with Crippen LogP contribution >= 0.6 is 11.8 Å². The molecule has 5 heteroatoms. The molecule has 1 aliphatic carbocycles. The highest BCUT2D eigenvalue weighted by molar-refractivity contribution is 7.98. The monoisotopic (exact) mass is 275 g/mol. The van der Waals surface area contributed by atoms with Crippen LogP contribution < -0.4 is 5.73 Å². The lowest BCUT2D eigenvalue weighted by molar-refractivity contribution is 0.229. The minimum Gasteiger partial charge on any atom is -0.338 e. The number of aromatic nitrogens is 2. The third-order valence-corrected chi connectivity index (χ3v) is 4.76. The Bertz CT molecular complexity index is 578. The molecule has 1 aromatic heterocycles. The third-order valence-electron chi connectivity index (χ3n) is 3.60. The van der Waals surface area contributed by atoms with Crippen LogP contribution in [0.5, 0.6) is 0 Å². The molecule has 1 aromatic carbocycles. The zero-order chi connectivity index (χ0) is 13.3. The molecule has 1 aliphatic rings. The summed E-state index contributed by atoms with van der Waals surface area (Å²) >= 11 is 1.71. The summed E-state index contributed by atoms with van der Waals surface area (Å²) in [5.41, 5.74) is 7.10. The van der Waals surface area contributed by atoms with Crippen molar-refractivity contribution in [2.24, 2.45) is 5.73 Å². The molecule has 2 aromatic rings. The second kappa shape index (κ2) is 4.98. The van der Waals surface area contributed by atoms with E-state index in [-0.39, 0.29) is 5.54 Å². The number of rotatable bonds is 4. The average Bonchev–Trinajstić information content (AvgIpc) is 2.84. The molecule has 0 bridgehead atoms. The Balaban J connectivity index is 1.66. The van der Waals surface area contributed by atoms with E-state index in [1.165, 1.54) is 10.5 Å². The van der Waals surface area contributed by atoms with Crippen molar-refractivity contribution in [1.29, 1.82) is 0 Å². The fraction of sp³-hybridized carbons (Fsp3) is 0.429. The Kier molecular flexibility index (Phi) is 3.33. The Morgan fingerprint density at radius 1 is 1.37 bits per heavy atom. The van der Waals surface area contributed by atoms with Crippen LogP contribution in [0.2, 0.25) is 0 Å². The molecule has 1 saturated carbocycles. The first-order valence-electron chi connectivity index (χ1n) is 6.48. The van der Waals surface area contributed by atoms with Crippen LogP contribution in [0, 0.1) is 6.92 Å². The van der Waals surface area contributed by atoms with Crippen LogP contribution in [-0.2, 0) is 11.3 Å². The molecule has 0 amide bonds. The number of hydrogen-bond acceptors (Lipinski definition) is 5. The molecule has 100 valence electrons. The van der Waals surface area contributed by atoms with E-state index in [1.807, 2.05) is 12.1 Å². The van der Waals surface area contributed by atoms with Gasteiger partial charge in [0.2, 0.25) is 5.89 Å². The van der Waals surface area contributed by atoms with Crippen LogP contribution in [-0.4, -0.2) is 10.1 Å². The molecule has 4 nitrogen and oxygen atoms in total. The van der Waals surface area contributed by atoms with Gasteiger partial charge in [-0.3, -0.25) is 0 Å². The van der Waals surface area contributed by atoms with E-state index in [0.29, 0.717) is 17.5 Å². The first-order valence-corrected chi connectivity index (χ1v) is 7.46. The Morgan fingerprint density at radius 3 is 2.84 bits per heavy atom. The van der Waals surface area contributed by atoms with Gasteiger partial charge in [0.15, 0.2) is 5.82 Å². The highest BCUT2D eigenvalue weighted by atomic mass is 32.2. The molecular weight excluding hydrogens is 258 g/mol. The van der Waals surface area contributed by atoms with E-state index >= 15 is 0 Å². The van der Waals surface area contributed by atoms with E-state index in [1.54, 1.807) is 11.8 Å². The van der Waals surface area contributed by atoms with Crippen molar-refractivity contribution in [2.45, 2.75) is 42.4 Å². The molecule has 2 N–H and O–H groups in total. The van der Waals surface area contributed by atoms with Crippen LogP contribution in [0.25, 0.3) is 0 Å². The third kappa shape index (κ3) is 2.53. The Hall–Kier alpha value is -1.33. The van der Waals surface area contributed by atoms with Gasteiger partial charge in [-0.2, -0.15) is 4.98 Å². The molecule has 0 radical (unpaired) electrons. The van der Waals surface area contributed by atoms with Crippen LogP contribution in [0.4, 0.5) is 0 Å². The highest BCUT2D eigenvalue weighted by Crippen LogP contribution is 2.37. The maximum atomic E-state index is 6.18. The van der Waals surface area contributed by atoms with Gasteiger partial charge in [-0.05, 0) is 37.8 Å². The van der Waals surface area contributed by atoms with Gasteiger partial charge in [0.25, 0.3) is 0 Å². The van der Waals surface area contributed by atoms with Gasteiger partial charge in [0.05, 0.1) is 11.3 Å². The second-order valence-electron chi connectivity index (χ2n) is 5.08. The standard InChI is InChI=1S/C14H17N3OS/c1-10-5-2-3-6-11(10)19-9-12-16-13(17-18-12)14(15)7-4-8-14/h2-3,5-6H,4,7-9,15H2,1H3. The molecule has 0 spiro atoms. The summed E-state index contributed by atoms with van der Waals surface area (Å²) in [5, 5.41) is 4.02. The molecule has 0 unspecified atom stereocenters. The second-order valence-corrected chi connectivity index (χ2v) is 6.09. The number of hydrogen-bond donors (Lipinski definition) is 1. The van der Waals surface area contributed by atoms with Gasteiger partial charge in [0, 0.05) is 4.90 Å². The fourth-order valence-electron chi connectivity index (χ4n) is 2.15. The summed E-state index contributed by atoms with van der Waals surface area (Å²) in [6, 6.07) is 8.29. The quantitative estimate of drug-likeness (QED) is 0.869. The number of nitrogens with zero attached hydrogens (tertiary/aromatic N) is 2. The number of nitrogens with two attached hydrogens (primary N) is 1. The van der Waals surface area contributed by atoms with Gasteiger partial charge in [-0.1, -0.05) is 23.4 Å². The summed E-state index contributed by atoms with van der Waals surface area (Å²) in [4.78, 5) is 5.67. The normalized spacial score (nSPS) is 17.2. The predicted octanol–water partition coefficient (Wildman–Crippen LogP) is 3.01. The summed E-state index contributed by atoms with van der Waals surface area (Å²) in [5.74, 6) is 2.01. The van der Waals surface area contributed by atoms with Crippen molar-refractivity contribution < 1.29 is 4.52 Å². The summed E-state index contributed by atoms with van der Waals surface area (Å²) < 4.78 is 5.29. The lowest BCUT2D eigenvalue weighted by atomic mass is 9.77. The Labute approximate surface area is 116 Å². The summed E-state index contributed by atoms with van der Waals surface area (Å²) in [6.07, 6.45) is 3.06. The lowest BCUT2D eigenvalue weighted by Gasteiger charge is -2.34. The molecular formula is C14H17N3OS. The van der Waals surface area contributed by atoms with Crippen LogP contribution in [0.3, 0.4) is 0 Å². The fourth-order valence-corrected chi connectivity index (χ4v) is 3.02. The van der Waals surface area contributed by atoms with Gasteiger partial charge in [0.1, 0.15) is 0 Å². The minimum atomic E-state index is -0.338. The summed E-state index contributed by atoms with van der Waals surface area (Å²) in [7, 11) is 0. The zero-order valence-electron chi connectivity index (χ0n) is 10.9. The van der Waals surface area contributed by atoms with Gasteiger partial charge in [-0.15, -0.1) is 11.8 Å². The van der Waals surface area contributed by atoms with Crippen molar-refractivity contribution in [3.63, 3.8) is 0 Å². The van der Waals surface area contributed by atoms with E-state index in [0.717, 1.165) is 19.3 Å². The molecule has 0 aliphatic heterocycles. The van der Waals surface area contributed by atoms with Crippen molar-refractivity contribution >= 4 is 11.8 Å². The summed E-state index contributed by atoms with van der Waals surface area (Å²) in [6.45, 7) is 2.10. The first-order chi connectivity index (χ1) is 9.17. The largest absolute Gasteiger partial charge is 0.338 e. The van der Waals surface area contributed by atoms with Gasteiger partial charge < -0.3 is 10.3 Å². The van der Waals surface area contributed by atoms with Gasteiger partial charge >= 0.3 is 0 Å². The SMILES string of the molecule is Cc1ccccc1SCc1nc(C2(N)CCC2)no1. The van der Waals surface area contributed by atoms with E-state index in [4.69, 9.17) is 10.3 Å². The highest BCUT2D eigenvalue weighted by Gasteiger charge is 2.38. The molecule has 1 fully saturated rings. The van der Waals surface area contributed by atoms with Gasteiger partial charge in [-0.25, -0.2) is 0 Å².